The molecule has 1 amide bonds. The topological polar surface area (TPSA) is 99.1 Å². The number of benzene rings is 3. The van der Waals surface area contributed by atoms with Gasteiger partial charge in [-0.2, -0.15) is 26.7 Å². The summed E-state index contributed by atoms with van der Waals surface area (Å²) in [6, 6.07) is 14.5. The average Bonchev–Trinajstić information content (AvgIpc) is 2.78. The highest BCUT2D eigenvalue weighted by molar-refractivity contribution is 7.86. The smallest absolute Gasteiger partial charge is 0.378 e. The molecule has 0 atom stereocenters. The van der Waals surface area contributed by atoms with Crippen LogP contribution in [0.2, 0.25) is 0 Å². The van der Waals surface area contributed by atoms with Crippen LogP contribution in [0, 0.1) is 0 Å². The monoisotopic (exact) mass is 491 g/mol. The summed E-state index contributed by atoms with van der Waals surface area (Å²) >= 11 is 0. The van der Waals surface area contributed by atoms with E-state index in [0.29, 0.717) is 23.8 Å². The molecule has 0 aromatic heterocycles. The maximum Gasteiger partial charge on any atom is 0.416 e. The lowest BCUT2D eigenvalue weighted by atomic mass is 9.98. The molecule has 0 unspecified atom stereocenters. The quantitative estimate of drug-likeness (QED) is 0.302. The molecule has 0 spiro atoms. The molecule has 0 bridgehead atoms. The molecule has 0 saturated carbocycles. The number of hydrazone groups is 1. The summed E-state index contributed by atoms with van der Waals surface area (Å²) in [4.78, 5) is 13.5. The van der Waals surface area contributed by atoms with Gasteiger partial charge in [-0.1, -0.05) is 24.3 Å². The number of amides is 1. The van der Waals surface area contributed by atoms with Crippen LogP contribution in [0.3, 0.4) is 0 Å². The SMILES string of the molecule is CN(C)c1ccc(C(=O)NN=Cc2ccccc2-c2cc(C(F)(F)F)ccc2S(=O)(=O)O)cc1. The van der Waals surface area contributed by atoms with Crippen molar-refractivity contribution < 1.29 is 30.9 Å². The van der Waals surface area contributed by atoms with E-state index in [0.717, 1.165) is 5.69 Å². The van der Waals surface area contributed by atoms with Crippen LogP contribution in [0.5, 0.6) is 0 Å². The summed E-state index contributed by atoms with van der Waals surface area (Å²) in [6.07, 6.45) is -3.55. The number of halogens is 3. The van der Waals surface area contributed by atoms with Crippen LogP contribution in [-0.4, -0.2) is 39.2 Å². The minimum absolute atomic E-state index is 0.0644. The van der Waals surface area contributed by atoms with Gasteiger partial charge in [0, 0.05) is 36.5 Å². The predicted molar refractivity (Wildman–Crippen MR) is 123 cm³/mol. The van der Waals surface area contributed by atoms with E-state index in [1.54, 1.807) is 30.3 Å². The van der Waals surface area contributed by atoms with Crippen LogP contribution in [0.25, 0.3) is 11.1 Å². The third-order valence-corrected chi connectivity index (χ3v) is 5.76. The first-order chi connectivity index (χ1) is 15.9. The lowest BCUT2D eigenvalue weighted by Gasteiger charge is -2.14. The third-order valence-electron chi connectivity index (χ3n) is 4.85. The maximum atomic E-state index is 13.2. The molecule has 178 valence electrons. The Balaban J connectivity index is 1.95. The van der Waals surface area contributed by atoms with Gasteiger partial charge in [-0.15, -0.1) is 0 Å². The van der Waals surface area contributed by atoms with Crippen LogP contribution in [0.4, 0.5) is 18.9 Å². The third kappa shape index (κ3) is 5.80. The average molecular weight is 491 g/mol. The summed E-state index contributed by atoms with van der Waals surface area (Å²) in [6.45, 7) is 0. The Morgan fingerprint density at radius 1 is 1.00 bits per heavy atom. The molecule has 34 heavy (non-hydrogen) atoms. The zero-order valence-electron chi connectivity index (χ0n) is 18.0. The van der Waals surface area contributed by atoms with Crippen LogP contribution in [0.15, 0.2) is 76.7 Å². The molecular formula is C23H20F3N3O4S. The lowest BCUT2D eigenvalue weighted by Crippen LogP contribution is -2.18. The van der Waals surface area contributed by atoms with Gasteiger partial charge in [-0.25, -0.2) is 5.43 Å². The largest absolute Gasteiger partial charge is 0.416 e. The van der Waals surface area contributed by atoms with Crippen molar-refractivity contribution in [2.75, 3.05) is 19.0 Å². The molecule has 2 N–H and O–H groups in total. The molecule has 11 heteroatoms. The van der Waals surface area contributed by atoms with E-state index < -0.39 is 32.7 Å². The summed E-state index contributed by atoms with van der Waals surface area (Å²) in [5.41, 5.74) is 2.39. The standard InChI is InChI=1S/C23H20F3N3O4S/c1-29(2)18-10-7-15(8-11-18)22(30)28-27-14-16-5-3-4-6-19(16)20-13-17(23(24,25)26)9-12-21(20)34(31,32)33/h3-14H,1-2H3,(H,28,30)(H,31,32,33). The summed E-state index contributed by atoms with van der Waals surface area (Å²) in [5.74, 6) is -0.517. The molecule has 7 nitrogen and oxygen atoms in total. The summed E-state index contributed by atoms with van der Waals surface area (Å²) in [5, 5.41) is 3.86. The molecule has 0 heterocycles. The van der Waals surface area contributed by atoms with Crippen molar-refractivity contribution in [3.63, 3.8) is 0 Å². The van der Waals surface area contributed by atoms with E-state index in [9.17, 15) is 30.9 Å². The number of nitrogens with one attached hydrogen (secondary N) is 1. The highest BCUT2D eigenvalue weighted by atomic mass is 32.2. The summed E-state index contributed by atoms with van der Waals surface area (Å²) in [7, 11) is -1.11. The number of hydrogen-bond acceptors (Lipinski definition) is 5. The first-order valence-corrected chi connectivity index (χ1v) is 11.2. The Hall–Kier alpha value is -3.70. The van der Waals surface area contributed by atoms with Crippen molar-refractivity contribution in [2.45, 2.75) is 11.1 Å². The minimum atomic E-state index is -4.83. The van der Waals surface area contributed by atoms with Crippen molar-refractivity contribution in [2.24, 2.45) is 5.10 Å². The summed E-state index contributed by atoms with van der Waals surface area (Å²) < 4.78 is 72.9. The number of nitrogens with zero attached hydrogens (tertiary/aromatic N) is 2. The van der Waals surface area contributed by atoms with Gasteiger partial charge in [0.25, 0.3) is 16.0 Å². The Labute approximate surface area is 194 Å². The van der Waals surface area contributed by atoms with Gasteiger partial charge in [0.05, 0.1) is 11.8 Å². The molecule has 0 saturated heterocycles. The number of alkyl halides is 3. The molecule has 0 fully saturated rings. The van der Waals surface area contributed by atoms with Crippen LogP contribution in [0.1, 0.15) is 21.5 Å². The van der Waals surface area contributed by atoms with Crippen molar-refractivity contribution in [1.29, 1.82) is 0 Å². The highest BCUT2D eigenvalue weighted by Gasteiger charge is 2.32. The zero-order chi connectivity index (χ0) is 25.1. The van der Waals surface area contributed by atoms with Crippen molar-refractivity contribution in [1.82, 2.24) is 5.43 Å². The van der Waals surface area contributed by atoms with Crippen molar-refractivity contribution >= 4 is 27.9 Å². The van der Waals surface area contributed by atoms with E-state index in [4.69, 9.17) is 0 Å². The molecule has 3 aromatic rings. The predicted octanol–water partition coefficient (Wildman–Crippen LogP) is 4.45. The van der Waals surface area contributed by atoms with Crippen LogP contribution < -0.4 is 10.3 Å². The normalized spacial score (nSPS) is 12.1. The fraction of sp³-hybridized carbons (Fsp3) is 0.130. The number of rotatable bonds is 6. The number of anilines is 1. The Kier molecular flexibility index (Phi) is 7.08. The molecular weight excluding hydrogens is 471 g/mol. The number of hydrogen-bond donors (Lipinski definition) is 2. The maximum absolute atomic E-state index is 13.2. The first-order valence-electron chi connectivity index (χ1n) is 9.77. The molecule has 0 aliphatic rings. The Morgan fingerprint density at radius 2 is 1.65 bits per heavy atom. The van der Waals surface area contributed by atoms with Gasteiger partial charge in [0.2, 0.25) is 0 Å². The molecule has 0 aliphatic carbocycles. The Bertz CT molecular complexity index is 1340. The second kappa shape index (κ2) is 9.65. The molecule has 3 rings (SSSR count). The minimum Gasteiger partial charge on any atom is -0.378 e. The molecule has 0 radical (unpaired) electrons. The zero-order valence-corrected chi connectivity index (χ0v) is 18.9. The lowest BCUT2D eigenvalue weighted by molar-refractivity contribution is -0.137. The van der Waals surface area contributed by atoms with Gasteiger partial charge in [-0.05, 0) is 48.0 Å². The second-order valence-corrected chi connectivity index (χ2v) is 8.80. The number of carbonyl (C=O) groups is 1. The van der Waals surface area contributed by atoms with E-state index in [2.05, 4.69) is 10.5 Å². The van der Waals surface area contributed by atoms with E-state index in [1.807, 2.05) is 19.0 Å². The van der Waals surface area contributed by atoms with Gasteiger partial charge in [0.1, 0.15) is 4.90 Å². The van der Waals surface area contributed by atoms with Crippen molar-refractivity contribution in [3.05, 3.63) is 83.4 Å². The fourth-order valence-electron chi connectivity index (χ4n) is 3.13. The van der Waals surface area contributed by atoms with Crippen molar-refractivity contribution in [3.8, 4) is 11.1 Å². The van der Waals surface area contributed by atoms with E-state index in [-0.39, 0.29) is 16.7 Å². The highest BCUT2D eigenvalue weighted by Crippen LogP contribution is 2.36. The van der Waals surface area contributed by atoms with E-state index >= 15 is 0 Å². The second-order valence-electron chi connectivity index (χ2n) is 7.41. The van der Waals surface area contributed by atoms with Gasteiger partial charge >= 0.3 is 6.18 Å². The molecule has 0 aliphatic heterocycles. The molecule has 3 aromatic carbocycles. The number of carbonyl (C=O) groups excluding carboxylic acids is 1. The first kappa shape index (κ1) is 24.9. The van der Waals surface area contributed by atoms with Gasteiger partial charge < -0.3 is 4.90 Å². The van der Waals surface area contributed by atoms with Gasteiger partial charge in [-0.3, -0.25) is 9.35 Å². The Morgan fingerprint density at radius 3 is 2.24 bits per heavy atom. The van der Waals surface area contributed by atoms with Crippen LogP contribution in [-0.2, 0) is 16.3 Å². The van der Waals surface area contributed by atoms with E-state index in [1.165, 1.54) is 24.4 Å². The van der Waals surface area contributed by atoms with Gasteiger partial charge in [0.15, 0.2) is 0 Å². The van der Waals surface area contributed by atoms with Crippen LogP contribution >= 0.6 is 0 Å². The fourth-order valence-corrected chi connectivity index (χ4v) is 3.82.